The van der Waals surface area contributed by atoms with Crippen LogP contribution in [0.4, 0.5) is 0 Å². The molecule has 2 aromatic carbocycles. The van der Waals surface area contributed by atoms with Gasteiger partial charge in [0, 0.05) is 197 Å². The summed E-state index contributed by atoms with van der Waals surface area (Å²) in [6, 6.07) is 15.0. The van der Waals surface area contributed by atoms with Crippen LogP contribution in [0.5, 0.6) is 11.5 Å². The first-order valence-electron chi connectivity index (χ1n) is 25.1. The van der Waals surface area contributed by atoms with E-state index in [1.807, 2.05) is 43.3 Å². The summed E-state index contributed by atoms with van der Waals surface area (Å²) in [5, 5.41) is 0. The summed E-state index contributed by atoms with van der Waals surface area (Å²) in [7, 11) is 46.6. The minimum Gasteiger partial charge on any atom is -0.465 e. The molecule has 1 spiro atoms. The number of para-hydroxylation sites is 2. The van der Waals surface area contributed by atoms with Crippen LogP contribution in [0.1, 0.15) is 94.6 Å². The molecule has 47 heteroatoms. The van der Waals surface area contributed by atoms with Gasteiger partial charge < -0.3 is 18.9 Å². The standard InChI is InChI=1S/C22H26O4S2.C19H20O5.H29P27.9V/c1-2-25-19(23)22-16-9-5-8-15(16)21(27-11-6-12-28-21)13-17(22)14-7-3-4-10-18(14)26-20(22)24;1-2-23-17(21)19-13-8-5-7-11(13)15(20)10-14(19)12-6-3-4-9-16(12)24-18(19)22;1-15-22(14)26(23(16(2)3)17(4)5)27(24(18(6)7)19(8)9)25(20(10)11)21(12)13;;;;;;;;;/h3-4,7,10,15-17H,2,5-6,8-9,11-13H2,1H3;3-4,6,9,11,13-14H,2,5,7-8,10H2,1H3;15H,1-14H2;;;;;;;;;. The number of Topliss-reactive ketones (excluding diaryl/α,β-unsaturated/α-hetero) is 1. The van der Waals surface area contributed by atoms with Gasteiger partial charge in [0.05, 0.1) is 17.3 Å². The van der Waals surface area contributed by atoms with E-state index in [4.69, 9.17) is 18.9 Å². The average Bonchev–Trinajstić information content (AvgIpc) is 1.13. The van der Waals surface area contributed by atoms with E-state index in [9.17, 15) is 24.0 Å². The Kier molecular flexibility index (Phi) is 60.6. The summed E-state index contributed by atoms with van der Waals surface area (Å²) in [5.74, 6) is 0.915. The van der Waals surface area contributed by atoms with Crippen LogP contribution in [-0.2, 0) is 200 Å². The summed E-state index contributed by atoms with van der Waals surface area (Å²) < 4.78 is 22.3. The van der Waals surface area contributed by atoms with Gasteiger partial charge in [0.2, 0.25) is 0 Å². The summed E-state index contributed by atoms with van der Waals surface area (Å²) in [4.78, 5) is 65.7. The van der Waals surface area contributed by atoms with Gasteiger partial charge in [-0.15, -0.1) is 149 Å². The van der Waals surface area contributed by atoms with Crippen LogP contribution in [0.2, 0.25) is 0 Å². The molecule has 4 aliphatic carbocycles. The molecular formula is C41H75O9P27S2V9. The molecule has 5 fully saturated rings. The second-order valence-corrected chi connectivity index (χ2v) is 129. The molecule has 0 N–H and O–H groups in total. The van der Waals surface area contributed by atoms with E-state index in [1.54, 1.807) is 19.1 Å². The number of esters is 4. The molecule has 0 bridgehead atoms. The number of ether oxygens (including phenoxy) is 4. The number of hydrogen-bond acceptors (Lipinski definition) is 11. The maximum Gasteiger partial charge on any atom is 0.329 e. The van der Waals surface area contributed by atoms with Crippen molar-refractivity contribution in [3.8, 4) is 11.5 Å². The molecule has 25 unspecified atom stereocenters. The summed E-state index contributed by atoms with van der Waals surface area (Å²) in [6.45, 7) is 4.39. The van der Waals surface area contributed by atoms with E-state index in [0.29, 0.717) is 23.8 Å². The van der Waals surface area contributed by atoms with Gasteiger partial charge in [-0.2, -0.15) is 0 Å². The Morgan fingerprint density at radius 2 is 0.898 bits per heavy atom. The molecule has 9 nitrogen and oxygen atoms in total. The normalized spacial score (nSPS) is 25.6. The molecule has 485 valence electrons. The first-order chi connectivity index (χ1) is 37.5. The van der Waals surface area contributed by atoms with Crippen LogP contribution in [0, 0.1) is 34.5 Å². The smallest absolute Gasteiger partial charge is 0.329 e. The topological polar surface area (TPSA) is 122 Å². The Bertz CT molecular complexity index is 2480. The Morgan fingerprint density at radius 1 is 0.523 bits per heavy atom. The van der Waals surface area contributed by atoms with Gasteiger partial charge in [-0.25, -0.2) is 0 Å². The van der Waals surface area contributed by atoms with Gasteiger partial charge in [0.25, 0.3) is 0 Å². The monoisotopic (exact) mass is 2070 g/mol. The predicted molar refractivity (Wildman–Crippen MR) is 423 cm³/mol. The van der Waals surface area contributed by atoms with Gasteiger partial charge in [0.1, 0.15) is 17.3 Å². The van der Waals surface area contributed by atoms with Crippen molar-refractivity contribution < 1.29 is 210 Å². The number of hydrogen-bond donors (Lipinski definition) is 0. The number of carbonyl (C=O) groups is 5. The minimum atomic E-state index is -1.38. The predicted octanol–water partition coefficient (Wildman–Crippen LogP) is 22.7. The third-order valence-electron chi connectivity index (χ3n) is 15.3. The number of fused-ring (bicyclic) bond motifs is 11. The molecule has 3 aliphatic heterocycles. The van der Waals surface area contributed by atoms with Gasteiger partial charge in [0.15, 0.2) is 10.8 Å². The van der Waals surface area contributed by atoms with Crippen LogP contribution >= 0.6 is 240 Å². The van der Waals surface area contributed by atoms with Crippen molar-refractivity contribution in [2.24, 2.45) is 34.5 Å². The fourth-order valence-electron chi connectivity index (χ4n) is 12.5. The first kappa shape index (κ1) is 106. The van der Waals surface area contributed by atoms with Crippen molar-refractivity contribution in [2.45, 2.75) is 87.5 Å². The van der Waals surface area contributed by atoms with Crippen LogP contribution < -0.4 is 9.47 Å². The average molecular weight is 2070 g/mol. The fraction of sp³-hybridized carbons (Fsp3) is 0.585. The van der Waals surface area contributed by atoms with E-state index >= 15 is 0 Å². The van der Waals surface area contributed by atoms with E-state index in [-0.39, 0.29) is 316 Å². The molecule has 3 heterocycles. The molecule has 88 heavy (non-hydrogen) atoms. The van der Waals surface area contributed by atoms with Crippen molar-refractivity contribution in [3.63, 3.8) is 0 Å². The van der Waals surface area contributed by atoms with E-state index in [0.717, 1.165) is 57.6 Å². The van der Waals surface area contributed by atoms with Gasteiger partial charge in [-0.1, -0.05) is 57.2 Å². The fourth-order valence-corrected chi connectivity index (χ4v) is 361. The summed E-state index contributed by atoms with van der Waals surface area (Å²) in [5.41, 5.74) is -0.787. The Labute approximate surface area is 687 Å². The zero-order valence-electron chi connectivity index (χ0n) is 47.7. The Balaban J connectivity index is -0.00000117. The SMILES string of the molecule is CCOC(=O)C12C(=O)Oc3ccccc3C1CC(=O)C1CCCC12.CCOC(=O)C12C(=O)Oc3ccccc3C1CC1(SCCCS1)C1CCCC12.PPP(P)P(P(P(P)P)P(P)P)P(P(P(P)P)P(P)P)P(P(P)P)P(P)P.[V].[V].[V].[V].[V].[V].[V].[V].[V]. The van der Waals surface area contributed by atoms with E-state index in [1.165, 1.54) is 17.9 Å². The molecular weight excluding hydrogens is 2000 g/mol. The zero-order valence-corrected chi connectivity index (χ0v) is 89.8. The molecule has 9 rings (SSSR count). The van der Waals surface area contributed by atoms with E-state index < -0.39 is 28.7 Å². The quantitative estimate of drug-likeness (QED) is 0.0691. The van der Waals surface area contributed by atoms with Crippen LogP contribution in [0.25, 0.3) is 0 Å². The number of rotatable bonds is 16. The molecule has 2 aromatic rings. The zero-order chi connectivity index (χ0) is 57.9. The third-order valence-corrected chi connectivity index (χ3v) is 195. The number of ketones is 1. The Hall–Kier alpha value is 13.6. The van der Waals surface area contributed by atoms with Crippen molar-refractivity contribution in [1.82, 2.24) is 0 Å². The largest absolute Gasteiger partial charge is 0.465 e. The van der Waals surface area contributed by atoms with Gasteiger partial charge >= 0.3 is 23.9 Å². The number of benzene rings is 2. The first-order valence-corrected chi connectivity index (χ1v) is 75.6. The van der Waals surface area contributed by atoms with Crippen molar-refractivity contribution in [2.75, 3.05) is 24.7 Å². The van der Waals surface area contributed by atoms with Crippen molar-refractivity contribution in [1.29, 1.82) is 0 Å². The number of carbonyl (C=O) groups excluding carboxylic acids is 5. The molecule has 25 atom stereocenters. The van der Waals surface area contributed by atoms with Crippen LogP contribution in [-0.4, -0.2) is 58.5 Å². The minimum absolute atomic E-state index is 0. The maximum atomic E-state index is 13.5. The summed E-state index contributed by atoms with van der Waals surface area (Å²) in [6.07, 6.45) is 7.62. The third kappa shape index (κ3) is 24.0. The number of thioether (sulfide) groups is 2. The molecule has 0 amide bonds. The second-order valence-electron chi connectivity index (χ2n) is 19.3. The van der Waals surface area contributed by atoms with Gasteiger partial charge in [-0.05, 0) is 183 Å². The molecule has 0 aromatic heterocycles. The van der Waals surface area contributed by atoms with Crippen molar-refractivity contribution >= 4 is 270 Å². The van der Waals surface area contributed by atoms with Crippen LogP contribution in [0.15, 0.2) is 48.5 Å². The van der Waals surface area contributed by atoms with E-state index in [2.05, 4.69) is 149 Å². The molecule has 1 saturated heterocycles. The molecule has 7 aliphatic rings. The molecule has 4 saturated carbocycles. The van der Waals surface area contributed by atoms with Crippen molar-refractivity contribution in [3.05, 3.63) is 59.7 Å². The maximum absolute atomic E-state index is 13.5. The Morgan fingerprint density at radius 3 is 1.32 bits per heavy atom. The second kappa shape index (κ2) is 50.5. The van der Waals surface area contributed by atoms with Gasteiger partial charge in [-0.3, -0.25) is 24.0 Å². The summed E-state index contributed by atoms with van der Waals surface area (Å²) >= 11 is 4.15. The van der Waals surface area contributed by atoms with Crippen LogP contribution in [0.3, 0.4) is 0 Å². The molecule has 9 radical (unpaired) electrons.